The summed E-state index contributed by atoms with van der Waals surface area (Å²) >= 11 is 6.28. The molecule has 7 heteroatoms. The summed E-state index contributed by atoms with van der Waals surface area (Å²) in [5.74, 6) is 1.73. The Labute approximate surface area is 183 Å². The van der Waals surface area contributed by atoms with E-state index < -0.39 is 0 Å². The van der Waals surface area contributed by atoms with E-state index in [9.17, 15) is 4.79 Å². The van der Waals surface area contributed by atoms with Crippen LogP contribution in [-0.4, -0.2) is 53.5 Å². The first-order valence-electron chi connectivity index (χ1n) is 10.9. The minimum absolute atomic E-state index is 0.0375. The number of hydrogen-bond donors (Lipinski definition) is 0. The maximum Gasteiger partial charge on any atom is 0.255 e. The smallest absolute Gasteiger partial charge is 0.255 e. The van der Waals surface area contributed by atoms with Crippen molar-refractivity contribution in [3.8, 4) is 0 Å². The highest BCUT2D eigenvalue weighted by molar-refractivity contribution is 6.33. The summed E-state index contributed by atoms with van der Waals surface area (Å²) in [6.07, 6.45) is 4.39. The molecule has 2 aliphatic rings. The molecule has 3 heterocycles. The summed E-state index contributed by atoms with van der Waals surface area (Å²) in [6.45, 7) is 7.49. The van der Waals surface area contributed by atoms with Crippen molar-refractivity contribution in [3.63, 3.8) is 0 Å². The number of rotatable bonds is 4. The van der Waals surface area contributed by atoms with Crippen molar-refractivity contribution in [2.24, 2.45) is 0 Å². The lowest BCUT2D eigenvalue weighted by atomic mass is 10.0. The molecule has 1 aromatic carbocycles. The number of anilines is 2. The highest BCUT2D eigenvalue weighted by Crippen LogP contribution is 2.31. The molecule has 1 amide bonds. The topological polar surface area (TPSA) is 52.6 Å². The Balaban J connectivity index is 1.68. The van der Waals surface area contributed by atoms with E-state index in [-0.39, 0.29) is 5.91 Å². The zero-order chi connectivity index (χ0) is 21.3. The maximum atomic E-state index is 13.1. The zero-order valence-electron chi connectivity index (χ0n) is 18.1. The molecule has 0 N–H and O–H groups in total. The van der Waals surface area contributed by atoms with Gasteiger partial charge in [0.1, 0.15) is 5.82 Å². The fourth-order valence-electron chi connectivity index (χ4n) is 4.13. The summed E-state index contributed by atoms with van der Waals surface area (Å²) < 4.78 is 0. The first-order chi connectivity index (χ1) is 14.5. The first-order valence-corrected chi connectivity index (χ1v) is 11.2. The van der Waals surface area contributed by atoms with Gasteiger partial charge in [-0.3, -0.25) is 4.79 Å². The van der Waals surface area contributed by atoms with Crippen LogP contribution in [0.2, 0.25) is 5.02 Å². The molecule has 1 saturated heterocycles. The van der Waals surface area contributed by atoms with E-state index >= 15 is 0 Å². The Morgan fingerprint density at radius 3 is 2.53 bits per heavy atom. The SMILES string of the molecule is CC(C)N(C)c1nc(N2CCCCC2)nc2c1CN(C(=O)c1ccccc1Cl)CC2. The van der Waals surface area contributed by atoms with E-state index in [0.29, 0.717) is 29.7 Å². The monoisotopic (exact) mass is 427 g/mol. The van der Waals surface area contributed by atoms with Crippen molar-refractivity contribution in [1.82, 2.24) is 14.9 Å². The average Bonchev–Trinajstić information content (AvgIpc) is 2.78. The molecule has 2 aromatic rings. The maximum absolute atomic E-state index is 13.1. The number of benzene rings is 1. The van der Waals surface area contributed by atoms with Gasteiger partial charge in [0.2, 0.25) is 5.95 Å². The number of carbonyl (C=O) groups is 1. The van der Waals surface area contributed by atoms with Crippen LogP contribution < -0.4 is 9.80 Å². The molecule has 0 saturated carbocycles. The Hall–Kier alpha value is -2.34. The van der Waals surface area contributed by atoms with Crippen LogP contribution in [0.1, 0.15) is 54.7 Å². The minimum Gasteiger partial charge on any atom is -0.357 e. The number of amides is 1. The van der Waals surface area contributed by atoms with Gasteiger partial charge in [-0.2, -0.15) is 4.98 Å². The lowest BCUT2D eigenvalue weighted by Crippen LogP contribution is -2.40. The van der Waals surface area contributed by atoms with Gasteiger partial charge in [-0.25, -0.2) is 4.98 Å². The fourth-order valence-corrected chi connectivity index (χ4v) is 4.35. The fraction of sp³-hybridized carbons (Fsp3) is 0.522. The van der Waals surface area contributed by atoms with Gasteiger partial charge in [0, 0.05) is 44.7 Å². The van der Waals surface area contributed by atoms with Crippen molar-refractivity contribution in [3.05, 3.63) is 46.1 Å². The van der Waals surface area contributed by atoms with E-state index in [4.69, 9.17) is 21.6 Å². The molecule has 0 atom stereocenters. The summed E-state index contributed by atoms with van der Waals surface area (Å²) in [6, 6.07) is 7.54. The third-order valence-electron chi connectivity index (χ3n) is 6.17. The molecule has 2 aliphatic heterocycles. The number of aromatic nitrogens is 2. The summed E-state index contributed by atoms with van der Waals surface area (Å²) in [5, 5.41) is 0.490. The lowest BCUT2D eigenvalue weighted by molar-refractivity contribution is 0.0734. The van der Waals surface area contributed by atoms with Gasteiger partial charge in [-0.15, -0.1) is 0 Å². The number of halogens is 1. The van der Waals surface area contributed by atoms with Crippen LogP contribution in [0, 0.1) is 0 Å². The molecule has 1 fully saturated rings. The van der Waals surface area contributed by atoms with Gasteiger partial charge in [-0.05, 0) is 45.2 Å². The molecule has 0 bridgehead atoms. The Morgan fingerprint density at radius 2 is 1.83 bits per heavy atom. The minimum atomic E-state index is -0.0375. The van der Waals surface area contributed by atoms with Crippen LogP contribution >= 0.6 is 11.6 Å². The van der Waals surface area contributed by atoms with Crippen LogP contribution in [0.5, 0.6) is 0 Å². The quantitative estimate of drug-likeness (QED) is 0.733. The molecule has 0 spiro atoms. The summed E-state index contributed by atoms with van der Waals surface area (Å²) in [5.41, 5.74) is 2.67. The number of hydrogen-bond acceptors (Lipinski definition) is 5. The van der Waals surface area contributed by atoms with Crippen LogP contribution in [0.15, 0.2) is 24.3 Å². The molecule has 30 heavy (non-hydrogen) atoms. The van der Waals surface area contributed by atoms with Crippen LogP contribution in [0.3, 0.4) is 0 Å². The number of nitrogens with zero attached hydrogens (tertiary/aromatic N) is 5. The highest BCUT2D eigenvalue weighted by Gasteiger charge is 2.29. The van der Waals surface area contributed by atoms with E-state index in [1.165, 1.54) is 19.3 Å². The van der Waals surface area contributed by atoms with E-state index in [0.717, 1.165) is 42.5 Å². The van der Waals surface area contributed by atoms with Gasteiger partial charge >= 0.3 is 0 Å². The molecule has 1 aromatic heterocycles. The second-order valence-corrected chi connectivity index (χ2v) is 8.89. The second-order valence-electron chi connectivity index (χ2n) is 8.48. The van der Waals surface area contributed by atoms with Gasteiger partial charge < -0.3 is 14.7 Å². The normalized spacial score (nSPS) is 16.6. The molecule has 0 unspecified atom stereocenters. The Morgan fingerprint density at radius 1 is 1.10 bits per heavy atom. The zero-order valence-corrected chi connectivity index (χ0v) is 18.8. The molecule has 0 aliphatic carbocycles. The number of piperidine rings is 1. The highest BCUT2D eigenvalue weighted by atomic mass is 35.5. The largest absolute Gasteiger partial charge is 0.357 e. The number of fused-ring (bicyclic) bond motifs is 1. The van der Waals surface area contributed by atoms with Crippen molar-refractivity contribution in [1.29, 1.82) is 0 Å². The van der Waals surface area contributed by atoms with E-state index in [1.807, 2.05) is 17.0 Å². The summed E-state index contributed by atoms with van der Waals surface area (Å²) in [7, 11) is 2.07. The van der Waals surface area contributed by atoms with Gasteiger partial charge in [-0.1, -0.05) is 23.7 Å². The van der Waals surface area contributed by atoms with Gasteiger partial charge in [0.15, 0.2) is 0 Å². The predicted molar refractivity (Wildman–Crippen MR) is 122 cm³/mol. The Kier molecular flexibility index (Phi) is 6.14. The van der Waals surface area contributed by atoms with E-state index in [2.05, 4.69) is 30.7 Å². The van der Waals surface area contributed by atoms with Gasteiger partial charge in [0.05, 0.1) is 22.8 Å². The first kappa shape index (κ1) is 20.9. The lowest BCUT2D eigenvalue weighted by Gasteiger charge is -2.35. The second kappa shape index (κ2) is 8.80. The van der Waals surface area contributed by atoms with Crippen LogP contribution in [0.25, 0.3) is 0 Å². The van der Waals surface area contributed by atoms with Crippen LogP contribution in [-0.2, 0) is 13.0 Å². The number of carbonyl (C=O) groups excluding carboxylic acids is 1. The standard InChI is InChI=1S/C23H30ClN5O/c1-16(2)27(3)21-18-15-29(22(30)17-9-5-6-10-19(17)24)14-11-20(18)25-23(26-21)28-12-7-4-8-13-28/h5-6,9-10,16H,4,7-8,11-15H2,1-3H3. The average molecular weight is 428 g/mol. The molecular formula is C23H30ClN5O. The third-order valence-corrected chi connectivity index (χ3v) is 6.50. The van der Waals surface area contributed by atoms with Crippen molar-refractivity contribution in [2.75, 3.05) is 36.5 Å². The Bertz CT molecular complexity index is 926. The molecule has 0 radical (unpaired) electrons. The van der Waals surface area contributed by atoms with Crippen LogP contribution in [0.4, 0.5) is 11.8 Å². The summed E-state index contributed by atoms with van der Waals surface area (Å²) in [4.78, 5) is 29.4. The van der Waals surface area contributed by atoms with Crippen molar-refractivity contribution >= 4 is 29.3 Å². The molecule has 4 rings (SSSR count). The molecule has 6 nitrogen and oxygen atoms in total. The third kappa shape index (κ3) is 4.10. The van der Waals surface area contributed by atoms with Crippen molar-refractivity contribution < 1.29 is 4.79 Å². The predicted octanol–water partition coefficient (Wildman–Crippen LogP) is 4.16. The molecule has 160 valence electrons. The van der Waals surface area contributed by atoms with Crippen molar-refractivity contribution in [2.45, 2.75) is 52.1 Å². The van der Waals surface area contributed by atoms with E-state index in [1.54, 1.807) is 12.1 Å². The van der Waals surface area contributed by atoms with Gasteiger partial charge in [0.25, 0.3) is 5.91 Å². The molecular weight excluding hydrogens is 398 g/mol.